The number of hydrogen-bond acceptors (Lipinski definition) is 3. The van der Waals surface area contributed by atoms with Gasteiger partial charge >= 0.3 is 0 Å². The first-order valence-electron chi connectivity index (χ1n) is 3.32. The third-order valence-electron chi connectivity index (χ3n) is 1.48. The smallest absolute Gasteiger partial charge is 0.211 e. The lowest BCUT2D eigenvalue weighted by Gasteiger charge is -2.17. The number of likely N-dealkylation sites (N-methyl/N-ethyl adjacent to an activating group) is 1. The van der Waals surface area contributed by atoms with Crippen LogP contribution in [0, 0.1) is 0 Å². The van der Waals surface area contributed by atoms with Gasteiger partial charge in [0.15, 0.2) is 0 Å². The summed E-state index contributed by atoms with van der Waals surface area (Å²) in [6.45, 7) is 2.22. The van der Waals surface area contributed by atoms with Crippen molar-refractivity contribution in [3.63, 3.8) is 0 Å². The second-order valence-corrected chi connectivity index (χ2v) is 4.68. The van der Waals surface area contributed by atoms with E-state index in [1.54, 1.807) is 7.11 Å². The molecule has 0 saturated heterocycles. The van der Waals surface area contributed by atoms with Gasteiger partial charge in [-0.3, -0.25) is 0 Å². The van der Waals surface area contributed by atoms with Crippen molar-refractivity contribution in [2.75, 3.05) is 27.0 Å². The van der Waals surface area contributed by atoms with E-state index in [2.05, 4.69) is 0 Å². The highest BCUT2D eigenvalue weighted by Gasteiger charge is 2.13. The van der Waals surface area contributed by atoms with E-state index in [9.17, 15) is 8.42 Å². The first-order valence-corrected chi connectivity index (χ1v) is 5.17. The number of sulfonamides is 1. The third kappa shape index (κ3) is 4.34. The summed E-state index contributed by atoms with van der Waals surface area (Å²) in [6, 6.07) is 0. The van der Waals surface area contributed by atoms with Crippen LogP contribution in [0.4, 0.5) is 0 Å². The van der Waals surface area contributed by atoms with Crippen molar-refractivity contribution in [1.29, 1.82) is 0 Å². The van der Waals surface area contributed by atoms with Gasteiger partial charge in [0.1, 0.15) is 0 Å². The molecule has 0 saturated carbocycles. The average molecular weight is 181 g/mol. The van der Waals surface area contributed by atoms with Crippen molar-refractivity contribution < 1.29 is 13.2 Å². The van der Waals surface area contributed by atoms with E-state index in [0.717, 1.165) is 0 Å². The summed E-state index contributed by atoms with van der Waals surface area (Å²) in [6.07, 6.45) is 1.12. The molecular formula is C6H15NO3S. The second kappa shape index (κ2) is 4.04. The molecule has 0 aliphatic carbocycles. The fourth-order valence-electron chi connectivity index (χ4n) is 0.572. The predicted molar refractivity (Wildman–Crippen MR) is 43.9 cm³/mol. The molecule has 1 atom stereocenters. The van der Waals surface area contributed by atoms with Crippen LogP contribution >= 0.6 is 0 Å². The Balaban J connectivity index is 3.98. The predicted octanol–water partition coefficient (Wildman–Crippen LogP) is -0.0873. The van der Waals surface area contributed by atoms with Crippen LogP contribution in [-0.4, -0.2) is 45.8 Å². The van der Waals surface area contributed by atoms with Gasteiger partial charge in [0.25, 0.3) is 0 Å². The van der Waals surface area contributed by atoms with Crippen LogP contribution in [0.5, 0.6) is 0 Å². The maximum absolute atomic E-state index is 10.9. The van der Waals surface area contributed by atoms with Gasteiger partial charge in [0.2, 0.25) is 10.0 Å². The molecule has 4 nitrogen and oxygen atoms in total. The standard InChI is InChI=1S/C6H15NO3S/c1-6(10-3)5-7(2)11(4,8)9/h6H,5H2,1-4H3/t6-/m1/s1. The number of hydrogen-bond donors (Lipinski definition) is 0. The summed E-state index contributed by atoms with van der Waals surface area (Å²) >= 11 is 0. The summed E-state index contributed by atoms with van der Waals surface area (Å²) in [5.74, 6) is 0. The van der Waals surface area contributed by atoms with Crippen LogP contribution in [0.25, 0.3) is 0 Å². The highest BCUT2D eigenvalue weighted by Crippen LogP contribution is 1.97. The summed E-state index contributed by atoms with van der Waals surface area (Å²) in [4.78, 5) is 0. The SMILES string of the molecule is CO[C@H](C)CN(C)S(C)(=O)=O. The van der Waals surface area contributed by atoms with Crippen molar-refractivity contribution in [2.45, 2.75) is 13.0 Å². The van der Waals surface area contributed by atoms with E-state index < -0.39 is 10.0 Å². The molecule has 0 spiro atoms. The highest BCUT2D eigenvalue weighted by atomic mass is 32.2. The fraction of sp³-hybridized carbons (Fsp3) is 1.00. The minimum absolute atomic E-state index is 0.0604. The quantitative estimate of drug-likeness (QED) is 0.609. The van der Waals surface area contributed by atoms with Gasteiger partial charge in [0, 0.05) is 20.7 Å². The van der Waals surface area contributed by atoms with Crippen molar-refractivity contribution in [3.05, 3.63) is 0 Å². The monoisotopic (exact) mass is 181 g/mol. The van der Waals surface area contributed by atoms with Crippen molar-refractivity contribution in [1.82, 2.24) is 4.31 Å². The lowest BCUT2D eigenvalue weighted by molar-refractivity contribution is 0.104. The molecule has 0 aliphatic heterocycles. The zero-order chi connectivity index (χ0) is 9.07. The molecule has 0 fully saturated rings. The zero-order valence-electron chi connectivity index (χ0n) is 7.36. The van der Waals surface area contributed by atoms with E-state index in [1.165, 1.54) is 17.6 Å². The number of ether oxygens (including phenoxy) is 1. The van der Waals surface area contributed by atoms with Crippen molar-refractivity contribution >= 4 is 10.0 Å². The lowest BCUT2D eigenvalue weighted by atomic mass is 10.4. The summed E-state index contributed by atoms with van der Waals surface area (Å²) < 4.78 is 27.9. The van der Waals surface area contributed by atoms with E-state index >= 15 is 0 Å². The molecule has 0 aliphatic rings. The lowest BCUT2D eigenvalue weighted by Crippen LogP contribution is -2.32. The largest absolute Gasteiger partial charge is 0.380 e. The Morgan fingerprint density at radius 3 is 2.27 bits per heavy atom. The first-order chi connectivity index (χ1) is 4.88. The molecule has 0 aromatic carbocycles. The van der Waals surface area contributed by atoms with E-state index in [-0.39, 0.29) is 6.10 Å². The van der Waals surface area contributed by atoms with Crippen LogP contribution in [-0.2, 0) is 14.8 Å². The van der Waals surface area contributed by atoms with Gasteiger partial charge in [-0.05, 0) is 6.92 Å². The summed E-state index contributed by atoms with van der Waals surface area (Å²) in [5.41, 5.74) is 0. The third-order valence-corrected chi connectivity index (χ3v) is 2.76. The summed E-state index contributed by atoms with van der Waals surface area (Å²) in [5, 5.41) is 0. The van der Waals surface area contributed by atoms with Crippen LogP contribution < -0.4 is 0 Å². The van der Waals surface area contributed by atoms with Gasteiger partial charge in [-0.25, -0.2) is 12.7 Å². The minimum Gasteiger partial charge on any atom is -0.380 e. The fourth-order valence-corrected chi connectivity index (χ4v) is 1.05. The van der Waals surface area contributed by atoms with Gasteiger partial charge in [0.05, 0.1) is 12.4 Å². The Hall–Kier alpha value is -0.130. The molecule has 68 valence electrons. The normalized spacial score (nSPS) is 15.4. The maximum Gasteiger partial charge on any atom is 0.211 e. The molecule has 0 bridgehead atoms. The van der Waals surface area contributed by atoms with Gasteiger partial charge in [-0.1, -0.05) is 0 Å². The molecule has 0 amide bonds. The number of rotatable bonds is 4. The maximum atomic E-state index is 10.9. The van der Waals surface area contributed by atoms with Crippen molar-refractivity contribution in [3.8, 4) is 0 Å². The van der Waals surface area contributed by atoms with E-state index in [0.29, 0.717) is 6.54 Å². The average Bonchev–Trinajstić information content (AvgIpc) is 1.85. The second-order valence-electron chi connectivity index (χ2n) is 2.59. The highest BCUT2D eigenvalue weighted by molar-refractivity contribution is 7.88. The molecule has 0 heterocycles. The minimum atomic E-state index is -3.05. The Morgan fingerprint density at radius 2 is 2.00 bits per heavy atom. The molecule has 0 aromatic heterocycles. The van der Waals surface area contributed by atoms with E-state index in [4.69, 9.17) is 4.74 Å². The Labute approximate surface area is 68.2 Å². The molecule has 0 unspecified atom stereocenters. The molecule has 11 heavy (non-hydrogen) atoms. The van der Waals surface area contributed by atoms with Gasteiger partial charge in [-0.15, -0.1) is 0 Å². The Morgan fingerprint density at radius 1 is 1.55 bits per heavy atom. The van der Waals surface area contributed by atoms with Gasteiger partial charge < -0.3 is 4.74 Å². The first kappa shape index (κ1) is 10.9. The Kier molecular flexibility index (Phi) is 3.99. The van der Waals surface area contributed by atoms with E-state index in [1.807, 2.05) is 6.92 Å². The molecule has 0 N–H and O–H groups in total. The van der Waals surface area contributed by atoms with Crippen LogP contribution in [0.1, 0.15) is 6.92 Å². The molecule has 0 rings (SSSR count). The zero-order valence-corrected chi connectivity index (χ0v) is 8.18. The Bertz CT molecular complexity index is 200. The number of methoxy groups -OCH3 is 1. The molecule has 0 aromatic rings. The van der Waals surface area contributed by atoms with Crippen LogP contribution in [0.3, 0.4) is 0 Å². The van der Waals surface area contributed by atoms with Crippen LogP contribution in [0.15, 0.2) is 0 Å². The molecular weight excluding hydrogens is 166 g/mol. The molecule has 0 radical (unpaired) electrons. The van der Waals surface area contributed by atoms with Gasteiger partial charge in [-0.2, -0.15) is 0 Å². The number of nitrogens with zero attached hydrogens (tertiary/aromatic N) is 1. The molecule has 5 heteroatoms. The van der Waals surface area contributed by atoms with Crippen LogP contribution in [0.2, 0.25) is 0 Å². The topological polar surface area (TPSA) is 46.6 Å². The van der Waals surface area contributed by atoms with Crippen molar-refractivity contribution in [2.24, 2.45) is 0 Å². The summed E-state index contributed by atoms with van der Waals surface area (Å²) in [7, 11) is 0.0343.